The highest BCUT2D eigenvalue weighted by Gasteiger charge is 2.38. The average molecular weight is 479 g/mol. The maximum atomic E-state index is 12.3. The molecule has 0 aliphatic heterocycles. The van der Waals surface area contributed by atoms with Crippen LogP contribution in [0.25, 0.3) is 0 Å². The molecule has 1 atom stereocenters. The Labute approximate surface area is 187 Å². The predicted molar refractivity (Wildman–Crippen MR) is 105 cm³/mol. The number of hydrogen-bond donors (Lipinski definition) is 2. The summed E-state index contributed by atoms with van der Waals surface area (Å²) in [6.45, 7) is 7.05. The number of carbonyl (C=O) groups excluding carboxylic acids is 4. The van der Waals surface area contributed by atoms with Gasteiger partial charge in [0.25, 0.3) is 5.91 Å². The summed E-state index contributed by atoms with van der Waals surface area (Å²) >= 11 is 0. The highest BCUT2D eigenvalue weighted by atomic mass is 19.4. The van der Waals surface area contributed by atoms with Crippen molar-refractivity contribution in [3.05, 3.63) is 28.8 Å². The van der Waals surface area contributed by atoms with Crippen LogP contribution in [0, 0.1) is 13.8 Å². The van der Waals surface area contributed by atoms with E-state index in [0.717, 1.165) is 0 Å². The Morgan fingerprint density at radius 1 is 0.970 bits per heavy atom. The van der Waals surface area contributed by atoms with Gasteiger partial charge in [0.15, 0.2) is 6.10 Å². The zero-order valence-corrected chi connectivity index (χ0v) is 18.5. The number of rotatable bonds is 7. The Kier molecular flexibility index (Phi) is 11.6. The van der Waals surface area contributed by atoms with Gasteiger partial charge >= 0.3 is 30.1 Å². The first-order valence-corrected chi connectivity index (χ1v) is 9.23. The molecular formula is C20H24F3NO9. The molecule has 184 valence electrons. The quantitative estimate of drug-likeness (QED) is 0.443. The molecule has 0 heterocycles. The third kappa shape index (κ3) is 12.1. The first kappa shape index (κ1) is 29.4. The number of ether oxygens (including phenoxy) is 3. The van der Waals surface area contributed by atoms with E-state index in [1.54, 1.807) is 26.0 Å². The number of carbonyl (C=O) groups is 5. The number of esters is 3. The average Bonchev–Trinajstić information content (AvgIpc) is 2.65. The zero-order valence-electron chi connectivity index (χ0n) is 18.5. The third-order valence-electron chi connectivity index (χ3n) is 3.51. The second-order valence-corrected chi connectivity index (χ2v) is 6.58. The smallest absolute Gasteiger partial charge is 0.475 e. The number of alkyl halides is 3. The molecule has 0 aromatic heterocycles. The van der Waals surface area contributed by atoms with E-state index < -0.39 is 42.1 Å². The largest absolute Gasteiger partial charge is 0.490 e. The Hall–Kier alpha value is -3.64. The Morgan fingerprint density at radius 3 is 1.82 bits per heavy atom. The maximum absolute atomic E-state index is 12.3. The van der Waals surface area contributed by atoms with Crippen LogP contribution < -0.4 is 10.1 Å². The molecule has 13 heteroatoms. The van der Waals surface area contributed by atoms with Crippen molar-refractivity contribution in [1.29, 1.82) is 0 Å². The topological polar surface area (TPSA) is 145 Å². The van der Waals surface area contributed by atoms with Crippen molar-refractivity contribution in [2.45, 2.75) is 46.9 Å². The van der Waals surface area contributed by atoms with Crippen LogP contribution in [-0.2, 0) is 28.7 Å². The molecule has 0 fully saturated rings. The number of benzene rings is 1. The SMILES string of the molecule is CC(=O)OCC(CNC(=O)c1cc(C)c(OC(C)=O)c(C)c1)OC(C)=O.O=C(O)C(F)(F)F. The molecule has 1 aromatic carbocycles. The summed E-state index contributed by atoms with van der Waals surface area (Å²) in [4.78, 5) is 54.4. The molecule has 10 nitrogen and oxygen atoms in total. The summed E-state index contributed by atoms with van der Waals surface area (Å²) < 4.78 is 46.7. The van der Waals surface area contributed by atoms with Crippen molar-refractivity contribution in [3.63, 3.8) is 0 Å². The molecule has 1 aromatic rings. The first-order valence-electron chi connectivity index (χ1n) is 9.23. The lowest BCUT2D eigenvalue weighted by atomic mass is 10.0. The highest BCUT2D eigenvalue weighted by molar-refractivity contribution is 5.95. The predicted octanol–water partition coefficient (Wildman–Crippen LogP) is 2.09. The number of halogens is 3. The van der Waals surface area contributed by atoms with Crippen molar-refractivity contribution >= 4 is 29.8 Å². The van der Waals surface area contributed by atoms with Gasteiger partial charge in [-0.1, -0.05) is 0 Å². The summed E-state index contributed by atoms with van der Waals surface area (Å²) in [6, 6.07) is 3.18. The Morgan fingerprint density at radius 2 is 1.45 bits per heavy atom. The van der Waals surface area contributed by atoms with Crippen LogP contribution in [0.3, 0.4) is 0 Å². The van der Waals surface area contributed by atoms with Gasteiger partial charge in [-0.05, 0) is 37.1 Å². The molecule has 0 aliphatic rings. The van der Waals surface area contributed by atoms with E-state index in [4.69, 9.17) is 24.1 Å². The molecule has 0 saturated carbocycles. The molecule has 1 amide bonds. The molecule has 2 N–H and O–H groups in total. The summed E-state index contributed by atoms with van der Waals surface area (Å²) in [5.74, 6) is -4.24. The second-order valence-electron chi connectivity index (χ2n) is 6.58. The lowest BCUT2D eigenvalue weighted by molar-refractivity contribution is -0.192. The van der Waals surface area contributed by atoms with Crippen LogP contribution >= 0.6 is 0 Å². The number of aliphatic carboxylic acids is 1. The normalized spacial score (nSPS) is 11.3. The van der Waals surface area contributed by atoms with Gasteiger partial charge in [0.1, 0.15) is 12.4 Å². The van der Waals surface area contributed by atoms with Crippen molar-refractivity contribution in [1.82, 2.24) is 5.32 Å². The molecule has 1 unspecified atom stereocenters. The van der Waals surface area contributed by atoms with Gasteiger partial charge in [0.05, 0.1) is 6.54 Å². The van der Waals surface area contributed by atoms with Crippen LogP contribution in [-0.4, -0.2) is 60.3 Å². The van der Waals surface area contributed by atoms with Gasteiger partial charge < -0.3 is 24.6 Å². The lowest BCUT2D eigenvalue weighted by Gasteiger charge is -2.18. The fourth-order valence-electron chi connectivity index (χ4n) is 2.27. The summed E-state index contributed by atoms with van der Waals surface area (Å²) in [5, 5.41) is 9.75. The van der Waals surface area contributed by atoms with Gasteiger partial charge in [-0.25, -0.2) is 4.79 Å². The van der Waals surface area contributed by atoms with Crippen molar-refractivity contribution < 1.29 is 56.5 Å². The standard InChI is InChI=1S/C18H23NO7.C2HF3O2/c1-10-6-15(7-11(2)17(10)26-14(5)22)18(23)19-8-16(25-13(4)21)9-24-12(3)20;3-2(4,5)1(6)7/h6-7,16H,8-9H2,1-5H3,(H,19,23);(H,6,7). The van der Waals surface area contributed by atoms with E-state index in [1.165, 1.54) is 20.8 Å². The van der Waals surface area contributed by atoms with Gasteiger partial charge in [0.2, 0.25) is 0 Å². The van der Waals surface area contributed by atoms with E-state index in [0.29, 0.717) is 22.4 Å². The molecule has 0 aliphatic carbocycles. The maximum Gasteiger partial charge on any atom is 0.490 e. The van der Waals surface area contributed by atoms with E-state index in [1.807, 2.05) is 0 Å². The van der Waals surface area contributed by atoms with Crippen LogP contribution in [0.15, 0.2) is 12.1 Å². The minimum absolute atomic E-state index is 0.0184. The van der Waals surface area contributed by atoms with E-state index in [9.17, 15) is 32.3 Å². The molecule has 1 rings (SSSR count). The first-order chi connectivity index (χ1) is 15.0. The summed E-state index contributed by atoms with van der Waals surface area (Å²) in [6.07, 6.45) is -5.87. The van der Waals surface area contributed by atoms with Crippen molar-refractivity contribution in [2.24, 2.45) is 0 Å². The lowest BCUT2D eigenvalue weighted by Crippen LogP contribution is -2.37. The van der Waals surface area contributed by atoms with Crippen LogP contribution in [0.2, 0.25) is 0 Å². The molecule has 0 spiro atoms. The van der Waals surface area contributed by atoms with E-state index in [2.05, 4.69) is 5.32 Å². The summed E-state index contributed by atoms with van der Waals surface area (Å²) in [7, 11) is 0. The van der Waals surface area contributed by atoms with Crippen molar-refractivity contribution in [2.75, 3.05) is 13.2 Å². The number of aryl methyl sites for hydroxylation is 2. The number of nitrogens with one attached hydrogen (secondary N) is 1. The van der Waals surface area contributed by atoms with Gasteiger partial charge in [-0.3, -0.25) is 19.2 Å². The molecule has 0 bridgehead atoms. The number of carboxylic acids is 1. The second kappa shape index (κ2) is 13.0. The third-order valence-corrected chi connectivity index (χ3v) is 3.51. The molecule has 0 radical (unpaired) electrons. The van der Waals surface area contributed by atoms with E-state index in [-0.39, 0.29) is 13.2 Å². The molecule has 0 saturated heterocycles. The van der Waals surface area contributed by atoms with Crippen LogP contribution in [0.5, 0.6) is 5.75 Å². The van der Waals surface area contributed by atoms with Crippen LogP contribution in [0.4, 0.5) is 13.2 Å². The van der Waals surface area contributed by atoms with Gasteiger partial charge in [0, 0.05) is 26.3 Å². The van der Waals surface area contributed by atoms with Crippen LogP contribution in [0.1, 0.15) is 42.3 Å². The van der Waals surface area contributed by atoms with Gasteiger partial charge in [-0.15, -0.1) is 0 Å². The number of hydrogen-bond acceptors (Lipinski definition) is 8. The monoisotopic (exact) mass is 479 g/mol. The fourth-order valence-corrected chi connectivity index (χ4v) is 2.27. The number of carboxylic acid groups (broad SMARTS) is 1. The Bertz CT molecular complexity index is 874. The minimum Gasteiger partial charge on any atom is -0.475 e. The number of amides is 1. The minimum atomic E-state index is -5.08. The zero-order chi connectivity index (χ0) is 25.9. The van der Waals surface area contributed by atoms with Crippen molar-refractivity contribution in [3.8, 4) is 5.75 Å². The summed E-state index contributed by atoms with van der Waals surface area (Å²) in [5.41, 5.74) is 1.65. The fraction of sp³-hybridized carbons (Fsp3) is 0.450. The highest BCUT2D eigenvalue weighted by Crippen LogP contribution is 2.25. The molecule has 33 heavy (non-hydrogen) atoms. The van der Waals surface area contributed by atoms with E-state index >= 15 is 0 Å². The van der Waals surface area contributed by atoms with Gasteiger partial charge in [-0.2, -0.15) is 13.2 Å². The Balaban J connectivity index is 0.00000126. The molecular weight excluding hydrogens is 455 g/mol.